The molecule has 9 heteroatoms. The van der Waals surface area contributed by atoms with Gasteiger partial charge in [0.2, 0.25) is 0 Å². The molecule has 0 spiro atoms. The Morgan fingerprint density at radius 3 is 1.55 bits per heavy atom. The van der Waals surface area contributed by atoms with E-state index in [1.807, 2.05) is 7.05 Å². The van der Waals surface area contributed by atoms with Crippen LogP contribution >= 0.6 is 0 Å². The predicted molar refractivity (Wildman–Crippen MR) is 130 cm³/mol. The third kappa shape index (κ3) is 8.28. The van der Waals surface area contributed by atoms with E-state index in [0.29, 0.717) is 0 Å². The highest BCUT2D eigenvalue weighted by molar-refractivity contribution is 5.43. The number of benzene rings is 1. The smallest absolute Gasteiger partial charge is 0.0561 e. The summed E-state index contributed by atoms with van der Waals surface area (Å²) in [5, 5.41) is 28.7. The van der Waals surface area contributed by atoms with E-state index in [1.54, 1.807) is 0 Å². The average molecular weight is 434 g/mol. The molecule has 31 heavy (non-hydrogen) atoms. The molecule has 10 N–H and O–H groups in total. The van der Waals surface area contributed by atoms with Crippen molar-refractivity contribution in [2.45, 2.75) is 17.6 Å². The quantitative estimate of drug-likeness (QED) is 0.261. The number of rotatable bonds is 4. The first-order valence-electron chi connectivity index (χ1n) is 11.7. The highest BCUT2D eigenvalue weighted by Crippen LogP contribution is 2.11. The van der Waals surface area contributed by atoms with Crippen molar-refractivity contribution in [2.24, 2.45) is 5.73 Å². The lowest BCUT2D eigenvalue weighted by Crippen LogP contribution is -2.66. The number of nitrogens with one attached hydrogen (secondary N) is 8. The Labute approximate surface area is 187 Å². The number of hydrogen-bond acceptors (Lipinski definition) is 9. The maximum absolute atomic E-state index is 6.67. The van der Waals surface area contributed by atoms with Crippen LogP contribution < -0.4 is 48.3 Å². The van der Waals surface area contributed by atoms with Gasteiger partial charge in [-0.25, -0.2) is 0 Å². The van der Waals surface area contributed by atoms with Crippen molar-refractivity contribution in [2.75, 3.05) is 90.9 Å². The van der Waals surface area contributed by atoms with Crippen molar-refractivity contribution in [3.63, 3.8) is 0 Å². The van der Waals surface area contributed by atoms with Crippen LogP contribution in [0.3, 0.4) is 0 Å². The van der Waals surface area contributed by atoms with Gasteiger partial charge in [0.25, 0.3) is 0 Å². The topological polar surface area (TPSA) is 122 Å². The van der Waals surface area contributed by atoms with Gasteiger partial charge < -0.3 is 48.3 Å². The molecule has 1 aromatic carbocycles. The van der Waals surface area contributed by atoms with Crippen LogP contribution in [-0.2, 0) is 6.54 Å². The first-order chi connectivity index (χ1) is 15.1. The zero-order valence-electron chi connectivity index (χ0n) is 19.1. The van der Waals surface area contributed by atoms with E-state index in [-0.39, 0.29) is 11.1 Å². The first kappa shape index (κ1) is 24.3. The van der Waals surface area contributed by atoms with Gasteiger partial charge in [0.15, 0.2) is 0 Å². The summed E-state index contributed by atoms with van der Waals surface area (Å²) in [6, 6.07) is 8.63. The molecule has 176 valence electrons. The molecule has 3 aliphatic heterocycles. The van der Waals surface area contributed by atoms with Crippen LogP contribution in [0.1, 0.15) is 5.56 Å². The van der Waals surface area contributed by atoms with Crippen molar-refractivity contribution in [1.29, 1.82) is 0 Å². The molecule has 3 fully saturated rings. The molecule has 3 heterocycles. The van der Waals surface area contributed by atoms with Gasteiger partial charge in [-0.1, -0.05) is 12.1 Å². The zero-order chi connectivity index (χ0) is 21.8. The summed E-state index contributed by atoms with van der Waals surface area (Å²) in [6.45, 7) is 11.3. The molecule has 0 aromatic heterocycles. The molecule has 0 radical (unpaired) electrons. The van der Waals surface area contributed by atoms with E-state index < -0.39 is 0 Å². The molecule has 0 aliphatic carbocycles. The fraction of sp³-hybridized carbons (Fsp3) is 0.727. The van der Waals surface area contributed by atoms with E-state index in [1.165, 1.54) is 5.56 Å². The highest BCUT2D eigenvalue weighted by Gasteiger charge is 2.30. The minimum atomic E-state index is -0.289. The molecular weight excluding hydrogens is 390 g/mol. The maximum atomic E-state index is 6.67. The fourth-order valence-corrected chi connectivity index (χ4v) is 4.17. The van der Waals surface area contributed by atoms with Crippen LogP contribution in [0.15, 0.2) is 24.3 Å². The van der Waals surface area contributed by atoms with E-state index >= 15 is 0 Å². The monoisotopic (exact) mass is 433 g/mol. The molecule has 0 amide bonds. The van der Waals surface area contributed by atoms with Crippen molar-refractivity contribution in [1.82, 2.24) is 37.2 Å². The molecule has 2 bridgehead atoms. The van der Waals surface area contributed by atoms with Crippen molar-refractivity contribution < 1.29 is 0 Å². The third-order valence-corrected chi connectivity index (χ3v) is 6.17. The van der Waals surface area contributed by atoms with Gasteiger partial charge >= 0.3 is 0 Å². The lowest BCUT2D eigenvalue weighted by molar-refractivity contribution is 0.269. The summed E-state index contributed by atoms with van der Waals surface area (Å²) >= 11 is 0. The minimum absolute atomic E-state index is 0.0897. The van der Waals surface area contributed by atoms with Crippen LogP contribution in [0.25, 0.3) is 0 Å². The lowest BCUT2D eigenvalue weighted by atomic mass is 9.97. The maximum Gasteiger partial charge on any atom is 0.0561 e. The second-order valence-electron chi connectivity index (χ2n) is 9.00. The van der Waals surface area contributed by atoms with Gasteiger partial charge in [0.05, 0.1) is 11.1 Å². The third-order valence-electron chi connectivity index (χ3n) is 6.17. The highest BCUT2D eigenvalue weighted by atomic mass is 15.1. The fourth-order valence-electron chi connectivity index (χ4n) is 4.17. The van der Waals surface area contributed by atoms with Gasteiger partial charge in [0, 0.05) is 97.8 Å². The summed E-state index contributed by atoms with van der Waals surface area (Å²) in [6.07, 6.45) is 0. The van der Waals surface area contributed by atoms with Crippen LogP contribution in [0.5, 0.6) is 0 Å². The Kier molecular flexibility index (Phi) is 9.95. The van der Waals surface area contributed by atoms with Gasteiger partial charge in [-0.2, -0.15) is 0 Å². The minimum Gasteiger partial charge on any atom is -0.388 e. The Balaban J connectivity index is 1.70. The van der Waals surface area contributed by atoms with E-state index in [2.05, 4.69) is 66.8 Å². The lowest BCUT2D eigenvalue weighted by Gasteiger charge is -2.37. The molecular formula is C22H43N9. The van der Waals surface area contributed by atoms with E-state index in [4.69, 9.17) is 5.73 Å². The van der Waals surface area contributed by atoms with Gasteiger partial charge in [-0.3, -0.25) is 0 Å². The number of fused-ring (bicyclic) bond motifs is 15. The summed E-state index contributed by atoms with van der Waals surface area (Å²) in [5.74, 6) is 0. The molecule has 0 unspecified atom stereocenters. The largest absolute Gasteiger partial charge is 0.388 e. The summed E-state index contributed by atoms with van der Waals surface area (Å²) < 4.78 is 0. The SMILES string of the molecule is CNc1ccc(CNC23CNCCNCC(N)(CNCCNC2)CNCCNC3)cc1. The van der Waals surface area contributed by atoms with Crippen molar-refractivity contribution in [3.8, 4) is 0 Å². The Bertz CT molecular complexity index is 578. The second-order valence-corrected chi connectivity index (χ2v) is 9.00. The molecule has 1 aromatic rings. The molecule has 4 rings (SSSR count). The molecule has 3 saturated heterocycles. The number of nitrogens with two attached hydrogens (primary N) is 1. The number of hydrogen-bond donors (Lipinski definition) is 9. The van der Waals surface area contributed by atoms with Gasteiger partial charge in [0.1, 0.15) is 0 Å². The standard InChI is InChI=1S/C22H43N9/c1-24-20-4-2-19(3-5-20)12-31-22-16-28-9-6-25-13-21(23,14-26-7-10-29-17-22)15-27-8-11-30-18-22/h2-5,24-31H,6-18,23H2,1H3. The van der Waals surface area contributed by atoms with Crippen molar-refractivity contribution >= 4 is 5.69 Å². The molecule has 9 nitrogen and oxygen atoms in total. The summed E-state index contributed by atoms with van der Waals surface area (Å²) in [7, 11) is 1.95. The first-order valence-corrected chi connectivity index (χ1v) is 11.7. The van der Waals surface area contributed by atoms with Crippen LogP contribution in [-0.4, -0.2) is 96.7 Å². The van der Waals surface area contributed by atoms with Crippen LogP contribution in [0, 0.1) is 0 Å². The Morgan fingerprint density at radius 1 is 0.710 bits per heavy atom. The average Bonchev–Trinajstić information content (AvgIpc) is 2.79. The van der Waals surface area contributed by atoms with Gasteiger partial charge in [-0.15, -0.1) is 0 Å². The van der Waals surface area contributed by atoms with E-state index in [9.17, 15) is 0 Å². The summed E-state index contributed by atoms with van der Waals surface area (Å²) in [4.78, 5) is 0. The molecule has 0 saturated carbocycles. The van der Waals surface area contributed by atoms with Crippen LogP contribution in [0.2, 0.25) is 0 Å². The Hall–Kier alpha value is -1.30. The normalized spacial score (nSPS) is 29.7. The molecule has 0 atom stereocenters. The van der Waals surface area contributed by atoms with Crippen LogP contribution in [0.4, 0.5) is 5.69 Å². The van der Waals surface area contributed by atoms with Crippen molar-refractivity contribution in [3.05, 3.63) is 29.8 Å². The Morgan fingerprint density at radius 2 is 1.13 bits per heavy atom. The summed E-state index contributed by atoms with van der Waals surface area (Å²) in [5.41, 5.74) is 8.72. The molecule has 3 aliphatic rings. The number of anilines is 1. The van der Waals surface area contributed by atoms with E-state index in [0.717, 1.165) is 90.8 Å². The zero-order valence-corrected chi connectivity index (χ0v) is 19.1. The van der Waals surface area contributed by atoms with Gasteiger partial charge in [-0.05, 0) is 17.7 Å². The second kappa shape index (κ2) is 12.7. The predicted octanol–water partition coefficient (Wildman–Crippen LogP) is -2.18.